The summed E-state index contributed by atoms with van der Waals surface area (Å²) in [5.41, 5.74) is -0.367. The first-order chi connectivity index (χ1) is 7.16. The number of esters is 1. The third kappa shape index (κ3) is 2.33. The second kappa shape index (κ2) is 4.12. The molecule has 0 saturated heterocycles. The number of rotatable bonds is 3. The largest absolute Gasteiger partial charge is 0.468 e. The zero-order valence-electron chi connectivity index (χ0n) is 9.71. The fraction of sp³-hybridized carbons (Fsp3) is 0.917. The first-order valence-electron chi connectivity index (χ1n) is 6.02. The third-order valence-corrected chi connectivity index (χ3v) is 3.63. The average Bonchev–Trinajstić information content (AvgIpc) is 3.00. The summed E-state index contributed by atoms with van der Waals surface area (Å²) in [7, 11) is 1.50. The van der Waals surface area contributed by atoms with Gasteiger partial charge in [-0.15, -0.1) is 0 Å². The number of ether oxygens (including phenoxy) is 1. The first-order valence-corrected chi connectivity index (χ1v) is 6.02. The van der Waals surface area contributed by atoms with Crippen LogP contribution >= 0.6 is 0 Å². The Morgan fingerprint density at radius 1 is 1.40 bits per heavy atom. The van der Waals surface area contributed by atoms with E-state index in [1.807, 2.05) is 0 Å². The summed E-state index contributed by atoms with van der Waals surface area (Å²) in [6.07, 6.45) is 6.69. The lowest BCUT2D eigenvalue weighted by Gasteiger charge is -2.38. The smallest absolute Gasteiger partial charge is 0.326 e. The maximum atomic E-state index is 11.9. The molecule has 3 nitrogen and oxygen atoms in total. The molecule has 15 heavy (non-hydrogen) atoms. The SMILES string of the molecule is COC(=O)C1(NC2CC2)CCCC(C)C1. The Kier molecular flexibility index (Phi) is 3.01. The molecule has 2 aliphatic carbocycles. The monoisotopic (exact) mass is 211 g/mol. The van der Waals surface area contributed by atoms with Gasteiger partial charge in [0.15, 0.2) is 0 Å². The molecule has 0 bridgehead atoms. The van der Waals surface area contributed by atoms with E-state index in [0.717, 1.165) is 19.3 Å². The van der Waals surface area contributed by atoms with Crippen LogP contribution in [-0.2, 0) is 9.53 Å². The lowest BCUT2D eigenvalue weighted by atomic mass is 9.76. The lowest BCUT2D eigenvalue weighted by molar-refractivity contribution is -0.151. The van der Waals surface area contributed by atoms with Crippen molar-refractivity contribution in [2.75, 3.05) is 7.11 Å². The van der Waals surface area contributed by atoms with Crippen molar-refractivity contribution in [1.82, 2.24) is 5.32 Å². The summed E-state index contributed by atoms with van der Waals surface area (Å²) in [5.74, 6) is 0.574. The van der Waals surface area contributed by atoms with Gasteiger partial charge in [-0.05, 0) is 31.6 Å². The molecule has 3 heteroatoms. The first kappa shape index (κ1) is 10.9. The Morgan fingerprint density at radius 2 is 2.13 bits per heavy atom. The van der Waals surface area contributed by atoms with Crippen molar-refractivity contribution in [3.05, 3.63) is 0 Å². The van der Waals surface area contributed by atoms with E-state index in [1.54, 1.807) is 0 Å². The minimum absolute atomic E-state index is 0.0547. The van der Waals surface area contributed by atoms with Gasteiger partial charge in [0.1, 0.15) is 5.54 Å². The van der Waals surface area contributed by atoms with Crippen LogP contribution in [-0.4, -0.2) is 24.7 Å². The van der Waals surface area contributed by atoms with Crippen LogP contribution in [0.5, 0.6) is 0 Å². The van der Waals surface area contributed by atoms with Gasteiger partial charge in [0.05, 0.1) is 7.11 Å². The number of hydrogen-bond donors (Lipinski definition) is 1. The van der Waals surface area contributed by atoms with E-state index >= 15 is 0 Å². The summed E-state index contributed by atoms with van der Waals surface area (Å²) >= 11 is 0. The maximum absolute atomic E-state index is 11.9. The van der Waals surface area contributed by atoms with Gasteiger partial charge < -0.3 is 4.74 Å². The zero-order valence-corrected chi connectivity index (χ0v) is 9.71. The number of nitrogens with one attached hydrogen (secondary N) is 1. The van der Waals surface area contributed by atoms with Gasteiger partial charge in [-0.2, -0.15) is 0 Å². The highest BCUT2D eigenvalue weighted by atomic mass is 16.5. The van der Waals surface area contributed by atoms with Crippen LogP contribution < -0.4 is 5.32 Å². The predicted octanol–water partition coefficient (Wildman–Crippen LogP) is 1.86. The van der Waals surface area contributed by atoms with Gasteiger partial charge in [-0.3, -0.25) is 10.1 Å². The molecule has 2 saturated carbocycles. The quantitative estimate of drug-likeness (QED) is 0.724. The minimum atomic E-state index is -0.367. The van der Waals surface area contributed by atoms with Crippen LogP contribution in [0.1, 0.15) is 45.4 Å². The number of hydrogen-bond acceptors (Lipinski definition) is 3. The van der Waals surface area contributed by atoms with E-state index in [2.05, 4.69) is 12.2 Å². The molecule has 2 fully saturated rings. The molecule has 0 aromatic heterocycles. The van der Waals surface area contributed by atoms with Crippen LogP contribution in [0.4, 0.5) is 0 Å². The second-order valence-corrected chi connectivity index (χ2v) is 5.19. The number of methoxy groups -OCH3 is 1. The van der Waals surface area contributed by atoms with Crippen molar-refractivity contribution in [2.45, 2.75) is 57.0 Å². The highest BCUT2D eigenvalue weighted by Crippen LogP contribution is 2.36. The van der Waals surface area contributed by atoms with Crippen molar-refractivity contribution < 1.29 is 9.53 Å². The Balaban J connectivity index is 2.08. The summed E-state index contributed by atoms with van der Waals surface area (Å²) < 4.78 is 4.97. The van der Waals surface area contributed by atoms with E-state index in [1.165, 1.54) is 26.4 Å². The molecule has 1 N–H and O–H groups in total. The molecule has 2 aliphatic rings. The van der Waals surface area contributed by atoms with Crippen LogP contribution in [0.15, 0.2) is 0 Å². The summed E-state index contributed by atoms with van der Waals surface area (Å²) in [4.78, 5) is 11.9. The molecule has 0 aliphatic heterocycles. The van der Waals surface area contributed by atoms with Gasteiger partial charge in [0, 0.05) is 6.04 Å². The molecule has 0 amide bonds. The van der Waals surface area contributed by atoms with E-state index in [0.29, 0.717) is 12.0 Å². The topological polar surface area (TPSA) is 38.3 Å². The van der Waals surface area contributed by atoms with E-state index in [9.17, 15) is 4.79 Å². The number of carbonyl (C=O) groups excluding carboxylic acids is 1. The summed E-state index contributed by atoms with van der Waals surface area (Å²) in [6, 6.07) is 0.564. The molecule has 2 rings (SSSR count). The van der Waals surface area contributed by atoms with Crippen molar-refractivity contribution in [1.29, 1.82) is 0 Å². The molecule has 0 aromatic carbocycles. The maximum Gasteiger partial charge on any atom is 0.326 e. The molecule has 2 atom stereocenters. The Morgan fingerprint density at radius 3 is 2.67 bits per heavy atom. The highest BCUT2D eigenvalue weighted by Gasteiger charge is 2.45. The van der Waals surface area contributed by atoms with E-state index in [4.69, 9.17) is 4.74 Å². The Bertz CT molecular complexity index is 246. The standard InChI is InChI=1S/C12H21NO2/c1-9-4-3-7-12(8-9,11(14)15-2)13-10-5-6-10/h9-10,13H,3-8H2,1-2H3. The van der Waals surface area contributed by atoms with E-state index in [-0.39, 0.29) is 11.5 Å². The van der Waals surface area contributed by atoms with Crippen LogP contribution in [0, 0.1) is 5.92 Å². The van der Waals surface area contributed by atoms with Crippen LogP contribution in [0.25, 0.3) is 0 Å². The van der Waals surface area contributed by atoms with Gasteiger partial charge in [-0.1, -0.05) is 19.8 Å². The second-order valence-electron chi connectivity index (χ2n) is 5.19. The van der Waals surface area contributed by atoms with Crippen LogP contribution in [0.3, 0.4) is 0 Å². The highest BCUT2D eigenvalue weighted by molar-refractivity contribution is 5.81. The molecule has 0 radical (unpaired) electrons. The Hall–Kier alpha value is -0.570. The molecule has 2 unspecified atom stereocenters. The van der Waals surface area contributed by atoms with Gasteiger partial charge in [0.2, 0.25) is 0 Å². The minimum Gasteiger partial charge on any atom is -0.468 e. The molecule has 0 aromatic rings. The fourth-order valence-corrected chi connectivity index (χ4v) is 2.74. The molecular weight excluding hydrogens is 190 g/mol. The van der Waals surface area contributed by atoms with Crippen molar-refractivity contribution in [2.24, 2.45) is 5.92 Å². The van der Waals surface area contributed by atoms with Crippen molar-refractivity contribution in [3.63, 3.8) is 0 Å². The predicted molar refractivity (Wildman–Crippen MR) is 58.5 cm³/mol. The lowest BCUT2D eigenvalue weighted by Crippen LogP contribution is -2.56. The van der Waals surface area contributed by atoms with Crippen molar-refractivity contribution >= 4 is 5.97 Å². The zero-order chi connectivity index (χ0) is 10.9. The molecule has 86 valence electrons. The third-order valence-electron chi connectivity index (χ3n) is 3.63. The molecule has 0 spiro atoms. The van der Waals surface area contributed by atoms with E-state index < -0.39 is 0 Å². The molecular formula is C12H21NO2. The number of carbonyl (C=O) groups is 1. The van der Waals surface area contributed by atoms with Gasteiger partial charge >= 0.3 is 5.97 Å². The van der Waals surface area contributed by atoms with Gasteiger partial charge in [-0.25, -0.2) is 0 Å². The Labute approximate surface area is 91.6 Å². The normalized spacial score (nSPS) is 36.3. The molecule has 0 heterocycles. The fourth-order valence-electron chi connectivity index (χ4n) is 2.74. The van der Waals surface area contributed by atoms with Gasteiger partial charge in [0.25, 0.3) is 0 Å². The summed E-state index contributed by atoms with van der Waals surface area (Å²) in [6.45, 7) is 2.23. The summed E-state index contributed by atoms with van der Waals surface area (Å²) in [5, 5.41) is 3.51. The van der Waals surface area contributed by atoms with Crippen LogP contribution in [0.2, 0.25) is 0 Å². The van der Waals surface area contributed by atoms with Crippen molar-refractivity contribution in [3.8, 4) is 0 Å². The average molecular weight is 211 g/mol.